The van der Waals surface area contributed by atoms with Gasteiger partial charge in [0, 0.05) is 124 Å². The van der Waals surface area contributed by atoms with E-state index in [-0.39, 0.29) is 0 Å². The summed E-state index contributed by atoms with van der Waals surface area (Å²) in [4.78, 5) is 0. The van der Waals surface area contributed by atoms with Crippen molar-refractivity contribution in [2.45, 2.75) is 0 Å². The highest BCUT2D eigenvalue weighted by molar-refractivity contribution is 5.54. The van der Waals surface area contributed by atoms with Gasteiger partial charge >= 0.3 is 19.0 Å². The molecular formula is C48H36N12+6. The number of nitrogens with zero attached hydrogens (tertiary/aromatic N) is 12. The molecule has 0 unspecified atom stereocenters. The summed E-state index contributed by atoms with van der Waals surface area (Å²) in [5.41, 5.74) is 7.74. The molecular weight excluding hydrogens is 745 g/mol. The van der Waals surface area contributed by atoms with Crippen molar-refractivity contribution in [1.29, 1.82) is 0 Å². The maximum atomic E-state index is 5.04. The van der Waals surface area contributed by atoms with Crippen molar-refractivity contribution in [3.63, 3.8) is 0 Å². The third kappa shape index (κ3) is 7.59. The van der Waals surface area contributed by atoms with Crippen molar-refractivity contribution in [1.82, 2.24) is 30.6 Å². The number of aromatic nitrogens is 12. The zero-order valence-electron chi connectivity index (χ0n) is 32.2. The summed E-state index contributed by atoms with van der Waals surface area (Å²) in [6.07, 6.45) is 5.63. The first-order valence-corrected chi connectivity index (χ1v) is 19.4. The monoisotopic (exact) mass is 780 g/mol. The van der Waals surface area contributed by atoms with Gasteiger partial charge in [-0.2, -0.15) is 0 Å². The first-order valence-electron chi connectivity index (χ1n) is 19.4. The summed E-state index contributed by atoms with van der Waals surface area (Å²) in [5, 5.41) is 29.8. The van der Waals surface area contributed by atoms with Gasteiger partial charge in [-0.3, -0.25) is 0 Å². The molecule has 0 amide bonds. The van der Waals surface area contributed by atoms with Gasteiger partial charge in [0.15, 0.2) is 0 Å². The van der Waals surface area contributed by atoms with E-state index in [9.17, 15) is 0 Å². The van der Waals surface area contributed by atoms with E-state index in [4.69, 9.17) is 30.6 Å². The number of para-hydroxylation sites is 2. The van der Waals surface area contributed by atoms with Crippen LogP contribution in [0.3, 0.4) is 0 Å². The lowest BCUT2D eigenvalue weighted by Crippen LogP contribution is -2.52. The van der Waals surface area contributed by atoms with Crippen LogP contribution in [0.1, 0.15) is 0 Å². The van der Waals surface area contributed by atoms with E-state index in [0.29, 0.717) is 17.5 Å². The van der Waals surface area contributed by atoms with E-state index in [1.165, 1.54) is 0 Å². The van der Waals surface area contributed by atoms with Crippen LogP contribution in [-0.4, -0.2) is 30.6 Å². The molecule has 10 aromatic rings. The van der Waals surface area contributed by atoms with Crippen molar-refractivity contribution >= 4 is 0 Å². The lowest BCUT2D eigenvalue weighted by atomic mass is 10.2. The Balaban J connectivity index is 1.09. The Kier molecular flexibility index (Phi) is 9.58. The van der Waals surface area contributed by atoms with Crippen molar-refractivity contribution in [3.8, 4) is 68.3 Å². The first-order chi connectivity index (χ1) is 29.7. The van der Waals surface area contributed by atoms with Crippen LogP contribution in [-0.2, 0) is 0 Å². The third-order valence-corrected chi connectivity index (χ3v) is 9.73. The largest absolute Gasteiger partial charge is 0.469 e. The Morgan fingerprint density at radius 3 is 0.700 bits per heavy atom. The molecule has 7 aromatic carbocycles. The second kappa shape index (κ2) is 16.1. The van der Waals surface area contributed by atoms with Crippen LogP contribution >= 0.6 is 0 Å². The normalized spacial score (nSPS) is 11.0. The van der Waals surface area contributed by atoms with Gasteiger partial charge < -0.3 is 0 Å². The fourth-order valence-corrected chi connectivity index (χ4v) is 6.71. The zero-order valence-corrected chi connectivity index (χ0v) is 32.2. The predicted octanol–water partition coefficient (Wildman–Crippen LogP) is 4.72. The molecule has 0 N–H and O–H groups in total. The fourth-order valence-electron chi connectivity index (χ4n) is 6.71. The van der Waals surface area contributed by atoms with Crippen LogP contribution in [0.2, 0.25) is 0 Å². The van der Waals surface area contributed by atoms with Gasteiger partial charge in [-0.15, -0.1) is 0 Å². The third-order valence-electron chi connectivity index (χ3n) is 9.73. The molecule has 3 aromatic heterocycles. The Hall–Kier alpha value is -8.64. The van der Waals surface area contributed by atoms with Crippen LogP contribution in [0.5, 0.6) is 0 Å². The number of hydrogen-bond acceptors (Lipinski definition) is 6. The molecule has 0 saturated carbocycles. The van der Waals surface area contributed by atoms with E-state index >= 15 is 0 Å². The van der Waals surface area contributed by atoms with Crippen molar-refractivity contribution in [2.24, 2.45) is 0 Å². The average molecular weight is 781 g/mol. The molecule has 0 aliphatic rings. The first kappa shape index (κ1) is 35.8. The fraction of sp³-hybridized carbons (Fsp3) is 0. The molecule has 10 rings (SSSR count). The standard InChI is InChI=1S/C48H36N12/c1-6-18-37(19-7-1)46-49-55(40-24-12-4-13-25-40)34-57(51-46)42-28-16-30-44(32-42)59-36-60(54-48(53-59)39-22-10-3-11-23-39)45-31-17-29-43(33-45)58-35-56(41-26-14-5-15-27-41)50-47(52-58)38-20-8-2-9-21-38/h1-36H/q+6. The van der Waals surface area contributed by atoms with E-state index < -0.39 is 0 Å². The minimum absolute atomic E-state index is 0.542. The molecule has 12 heteroatoms. The van der Waals surface area contributed by atoms with Crippen LogP contribution in [0.15, 0.2) is 219 Å². The van der Waals surface area contributed by atoms with Gasteiger partial charge in [-0.25, -0.2) is 0 Å². The minimum atomic E-state index is 0.542. The summed E-state index contributed by atoms with van der Waals surface area (Å²) < 4.78 is 11.0. The molecule has 0 radical (unpaired) electrons. The highest BCUT2D eigenvalue weighted by Gasteiger charge is 2.30. The molecule has 60 heavy (non-hydrogen) atoms. The smallest absolute Gasteiger partial charge is 0.0622 e. The summed E-state index contributed by atoms with van der Waals surface area (Å²) in [5.74, 6) is 1.70. The molecule has 0 atom stereocenters. The second-order valence-electron chi connectivity index (χ2n) is 13.8. The van der Waals surface area contributed by atoms with E-state index in [2.05, 4.69) is 0 Å². The average Bonchev–Trinajstić information content (AvgIpc) is 3.35. The van der Waals surface area contributed by atoms with Gasteiger partial charge in [0.05, 0.1) is 12.1 Å². The predicted molar refractivity (Wildman–Crippen MR) is 219 cm³/mol. The summed E-state index contributed by atoms with van der Waals surface area (Å²) in [6.45, 7) is 0. The number of hydrogen-bond donors (Lipinski definition) is 0. The Morgan fingerprint density at radius 1 is 0.217 bits per heavy atom. The van der Waals surface area contributed by atoms with Crippen molar-refractivity contribution < 1.29 is 28.1 Å². The van der Waals surface area contributed by atoms with Crippen LogP contribution in [0, 0.1) is 0 Å². The van der Waals surface area contributed by atoms with E-state index in [1.807, 2.05) is 247 Å². The van der Waals surface area contributed by atoms with E-state index in [0.717, 1.165) is 50.8 Å². The van der Waals surface area contributed by atoms with Crippen molar-refractivity contribution in [3.05, 3.63) is 219 Å². The van der Waals surface area contributed by atoms with Gasteiger partial charge in [0.2, 0.25) is 11.4 Å². The Bertz CT molecular complexity index is 2780. The maximum absolute atomic E-state index is 5.04. The summed E-state index contributed by atoms with van der Waals surface area (Å²) in [7, 11) is 0. The molecule has 0 bridgehead atoms. The van der Waals surface area contributed by atoms with Gasteiger partial charge in [0.25, 0.3) is 40.2 Å². The SMILES string of the molecule is c1ccc(-c2n[n+](-c3ccccc3)c[n+](-c3cccc(-[n+]4c[n+](-c5cccc(-[n+]6c[n+](-c7ccccc7)nc(-c7ccccc7)n6)c5)nc(-c5ccccc5)n4)c3)n2)cc1. The topological polar surface area (TPSA) is 101 Å². The van der Waals surface area contributed by atoms with Gasteiger partial charge in [-0.05, 0) is 12.1 Å². The highest BCUT2D eigenvalue weighted by Crippen LogP contribution is 2.15. The lowest BCUT2D eigenvalue weighted by Gasteiger charge is -2.00. The van der Waals surface area contributed by atoms with Gasteiger partial charge in [0.1, 0.15) is 0 Å². The van der Waals surface area contributed by atoms with Crippen LogP contribution in [0.4, 0.5) is 0 Å². The van der Waals surface area contributed by atoms with Crippen LogP contribution < -0.4 is 28.1 Å². The second-order valence-corrected chi connectivity index (χ2v) is 13.8. The molecule has 0 spiro atoms. The van der Waals surface area contributed by atoms with E-state index in [1.54, 1.807) is 0 Å². The van der Waals surface area contributed by atoms with Crippen molar-refractivity contribution in [2.75, 3.05) is 0 Å². The molecule has 12 nitrogen and oxygen atoms in total. The number of benzene rings is 7. The molecule has 0 fully saturated rings. The van der Waals surface area contributed by atoms with Gasteiger partial charge in [-0.1, -0.05) is 127 Å². The Morgan fingerprint density at radius 2 is 0.433 bits per heavy atom. The Labute approximate surface area is 345 Å². The summed E-state index contributed by atoms with van der Waals surface area (Å²) >= 11 is 0. The molecule has 282 valence electrons. The molecule has 0 saturated heterocycles. The molecule has 0 aliphatic heterocycles. The van der Waals surface area contributed by atoms with Crippen LogP contribution in [0.25, 0.3) is 68.3 Å². The molecule has 0 aliphatic carbocycles. The zero-order chi connectivity index (χ0) is 40.1. The number of rotatable bonds is 9. The molecule has 3 heterocycles. The minimum Gasteiger partial charge on any atom is -0.0622 e. The quantitative estimate of drug-likeness (QED) is 0.197. The summed E-state index contributed by atoms with van der Waals surface area (Å²) in [6, 6.07) is 66.1. The lowest BCUT2D eigenvalue weighted by molar-refractivity contribution is -0.801. The highest BCUT2D eigenvalue weighted by atomic mass is 15.4. The maximum Gasteiger partial charge on any atom is 0.469 e.